The van der Waals surface area contributed by atoms with Crippen LogP contribution in [-0.4, -0.2) is 18.4 Å². The Hall–Kier alpha value is -1.10. The average molecular weight is 284 g/mol. The Labute approximate surface area is 118 Å². The summed E-state index contributed by atoms with van der Waals surface area (Å²) in [5.74, 6) is -0.343. The Balaban J connectivity index is 2.17. The third kappa shape index (κ3) is 3.47. The zero-order valence-corrected chi connectivity index (χ0v) is 12.0. The van der Waals surface area contributed by atoms with E-state index in [0.717, 1.165) is 5.56 Å². The Kier molecular flexibility index (Phi) is 4.45. The Morgan fingerprint density at radius 3 is 2.53 bits per heavy atom. The van der Waals surface area contributed by atoms with Gasteiger partial charge in [0.1, 0.15) is 0 Å². The molecular formula is C14H18ClNO3. The Morgan fingerprint density at radius 2 is 1.95 bits per heavy atom. The molecule has 1 N–H and O–H groups in total. The van der Waals surface area contributed by atoms with E-state index < -0.39 is 6.41 Å². The summed E-state index contributed by atoms with van der Waals surface area (Å²) in [6.07, 6.45) is -1.05. The van der Waals surface area contributed by atoms with Gasteiger partial charge < -0.3 is 14.8 Å². The van der Waals surface area contributed by atoms with Crippen LogP contribution in [0.5, 0.6) is 0 Å². The number of hydrogen-bond donors (Lipinski definition) is 1. The van der Waals surface area contributed by atoms with E-state index in [2.05, 4.69) is 5.32 Å². The maximum atomic E-state index is 11.9. The van der Waals surface area contributed by atoms with Gasteiger partial charge in [0.25, 0.3) is 0 Å². The SMILES string of the molecule is CC(C)O[C@H]1NC(=O)[C@@H](C)[C@@H](c2ccc(Cl)cc2)O1. The highest BCUT2D eigenvalue weighted by Crippen LogP contribution is 2.31. The van der Waals surface area contributed by atoms with Crippen LogP contribution in [0.4, 0.5) is 0 Å². The first-order valence-corrected chi connectivity index (χ1v) is 6.72. The molecule has 104 valence electrons. The van der Waals surface area contributed by atoms with Crippen LogP contribution in [0.2, 0.25) is 5.02 Å². The van der Waals surface area contributed by atoms with E-state index in [-0.39, 0.29) is 24.0 Å². The number of amides is 1. The molecule has 1 aliphatic rings. The number of benzene rings is 1. The molecule has 0 spiro atoms. The van der Waals surface area contributed by atoms with Gasteiger partial charge in [0, 0.05) is 5.02 Å². The van der Waals surface area contributed by atoms with E-state index in [0.29, 0.717) is 5.02 Å². The smallest absolute Gasteiger partial charge is 0.240 e. The molecule has 0 saturated carbocycles. The fourth-order valence-electron chi connectivity index (χ4n) is 2.00. The molecule has 1 fully saturated rings. The lowest BCUT2D eigenvalue weighted by molar-refractivity contribution is -0.232. The first kappa shape index (κ1) is 14.3. The summed E-state index contributed by atoms with van der Waals surface area (Å²) in [5, 5.41) is 3.36. The summed E-state index contributed by atoms with van der Waals surface area (Å²) in [7, 11) is 0. The van der Waals surface area contributed by atoms with Gasteiger partial charge >= 0.3 is 0 Å². The van der Waals surface area contributed by atoms with Crippen molar-refractivity contribution in [1.29, 1.82) is 0 Å². The molecule has 19 heavy (non-hydrogen) atoms. The number of hydrogen-bond acceptors (Lipinski definition) is 3. The molecular weight excluding hydrogens is 266 g/mol. The molecule has 0 aliphatic carbocycles. The summed E-state index contributed by atoms with van der Waals surface area (Å²) >= 11 is 5.87. The van der Waals surface area contributed by atoms with Crippen molar-refractivity contribution < 1.29 is 14.3 Å². The molecule has 1 aromatic rings. The average Bonchev–Trinajstić information content (AvgIpc) is 2.34. The van der Waals surface area contributed by atoms with Crippen LogP contribution in [-0.2, 0) is 14.3 Å². The highest BCUT2D eigenvalue weighted by molar-refractivity contribution is 6.30. The molecule has 2 rings (SSSR count). The number of halogens is 1. The van der Waals surface area contributed by atoms with Gasteiger partial charge in [0.05, 0.1) is 18.1 Å². The van der Waals surface area contributed by atoms with E-state index in [9.17, 15) is 4.79 Å². The number of nitrogens with one attached hydrogen (secondary N) is 1. The molecule has 0 bridgehead atoms. The molecule has 4 nitrogen and oxygen atoms in total. The molecule has 1 heterocycles. The van der Waals surface area contributed by atoms with Crippen LogP contribution >= 0.6 is 11.6 Å². The van der Waals surface area contributed by atoms with E-state index in [4.69, 9.17) is 21.1 Å². The molecule has 1 aliphatic heterocycles. The number of rotatable bonds is 3. The molecule has 3 atom stereocenters. The second kappa shape index (κ2) is 5.90. The summed E-state index contributed by atoms with van der Waals surface area (Å²) < 4.78 is 11.3. The van der Waals surface area contributed by atoms with Gasteiger partial charge in [-0.2, -0.15) is 0 Å². The van der Waals surface area contributed by atoms with Gasteiger partial charge in [-0.1, -0.05) is 30.7 Å². The van der Waals surface area contributed by atoms with Crippen LogP contribution in [0, 0.1) is 5.92 Å². The second-order valence-electron chi connectivity index (χ2n) is 4.92. The van der Waals surface area contributed by atoms with E-state index in [1.54, 1.807) is 12.1 Å². The summed E-state index contributed by atoms with van der Waals surface area (Å²) in [6.45, 7) is 5.62. The number of carbonyl (C=O) groups excluding carboxylic acids is 1. The van der Waals surface area contributed by atoms with Crippen LogP contribution < -0.4 is 5.32 Å². The van der Waals surface area contributed by atoms with Crippen molar-refractivity contribution in [2.45, 2.75) is 39.4 Å². The van der Waals surface area contributed by atoms with Gasteiger partial charge in [0.15, 0.2) is 0 Å². The topological polar surface area (TPSA) is 47.6 Å². The number of carbonyl (C=O) groups is 1. The monoisotopic (exact) mass is 283 g/mol. The van der Waals surface area contributed by atoms with Crippen molar-refractivity contribution >= 4 is 17.5 Å². The van der Waals surface area contributed by atoms with Crippen molar-refractivity contribution in [3.05, 3.63) is 34.9 Å². The molecule has 0 unspecified atom stereocenters. The number of ether oxygens (including phenoxy) is 2. The maximum Gasteiger partial charge on any atom is 0.240 e. The molecule has 0 aromatic heterocycles. The minimum atomic E-state index is -0.704. The van der Waals surface area contributed by atoms with Crippen LogP contribution in [0.15, 0.2) is 24.3 Å². The Morgan fingerprint density at radius 1 is 1.32 bits per heavy atom. The normalized spacial score (nSPS) is 27.4. The lowest BCUT2D eigenvalue weighted by atomic mass is 9.95. The highest BCUT2D eigenvalue weighted by atomic mass is 35.5. The predicted octanol–water partition coefficient (Wildman–Crippen LogP) is 2.87. The van der Waals surface area contributed by atoms with Crippen LogP contribution in [0.1, 0.15) is 32.4 Å². The predicted molar refractivity (Wildman–Crippen MR) is 72.6 cm³/mol. The molecule has 1 amide bonds. The van der Waals surface area contributed by atoms with Gasteiger partial charge in [-0.05, 0) is 31.5 Å². The van der Waals surface area contributed by atoms with E-state index in [1.165, 1.54) is 0 Å². The minimum Gasteiger partial charge on any atom is -0.333 e. The Bertz CT molecular complexity index is 447. The fraction of sp³-hybridized carbons (Fsp3) is 0.500. The summed E-state index contributed by atoms with van der Waals surface area (Å²) in [5.41, 5.74) is 0.920. The van der Waals surface area contributed by atoms with Crippen molar-refractivity contribution in [3.63, 3.8) is 0 Å². The first-order valence-electron chi connectivity index (χ1n) is 6.34. The molecule has 5 heteroatoms. The largest absolute Gasteiger partial charge is 0.333 e. The lowest BCUT2D eigenvalue weighted by Crippen LogP contribution is -2.50. The van der Waals surface area contributed by atoms with E-state index in [1.807, 2.05) is 32.9 Å². The van der Waals surface area contributed by atoms with Gasteiger partial charge in [-0.25, -0.2) is 0 Å². The van der Waals surface area contributed by atoms with E-state index >= 15 is 0 Å². The first-order chi connectivity index (χ1) is 8.97. The second-order valence-corrected chi connectivity index (χ2v) is 5.36. The van der Waals surface area contributed by atoms with Crippen molar-refractivity contribution in [1.82, 2.24) is 5.32 Å². The summed E-state index contributed by atoms with van der Waals surface area (Å²) in [4.78, 5) is 11.9. The van der Waals surface area contributed by atoms with Crippen molar-refractivity contribution in [3.8, 4) is 0 Å². The molecule has 1 aromatic carbocycles. The molecule has 1 saturated heterocycles. The maximum absolute atomic E-state index is 11.9. The van der Waals surface area contributed by atoms with Gasteiger partial charge in [0.2, 0.25) is 12.3 Å². The van der Waals surface area contributed by atoms with Gasteiger partial charge in [-0.3, -0.25) is 4.79 Å². The zero-order chi connectivity index (χ0) is 14.0. The molecule has 0 radical (unpaired) electrons. The van der Waals surface area contributed by atoms with Gasteiger partial charge in [-0.15, -0.1) is 0 Å². The quantitative estimate of drug-likeness (QED) is 0.928. The standard InChI is InChI=1S/C14H18ClNO3/c1-8(2)18-14-16-13(17)9(3)12(19-14)10-4-6-11(15)7-5-10/h4-9,12,14H,1-3H3,(H,16,17)/t9-,12-,14+/m0/s1. The third-order valence-corrected chi connectivity index (χ3v) is 3.24. The zero-order valence-electron chi connectivity index (χ0n) is 11.2. The lowest BCUT2D eigenvalue weighted by Gasteiger charge is -2.35. The third-order valence-electron chi connectivity index (χ3n) is 2.99. The van der Waals surface area contributed by atoms with Crippen LogP contribution in [0.25, 0.3) is 0 Å². The fourth-order valence-corrected chi connectivity index (χ4v) is 2.13. The van der Waals surface area contributed by atoms with Crippen molar-refractivity contribution in [2.24, 2.45) is 5.92 Å². The minimum absolute atomic E-state index is 0.0235. The van der Waals surface area contributed by atoms with Crippen molar-refractivity contribution in [2.75, 3.05) is 0 Å². The van der Waals surface area contributed by atoms with Crippen LogP contribution in [0.3, 0.4) is 0 Å². The highest BCUT2D eigenvalue weighted by Gasteiger charge is 2.35. The summed E-state index contributed by atoms with van der Waals surface area (Å²) in [6, 6.07) is 7.32.